The lowest BCUT2D eigenvalue weighted by Gasteiger charge is -2.39. The van der Waals surface area contributed by atoms with E-state index in [2.05, 4.69) is 0 Å². The molecule has 4 nitrogen and oxygen atoms in total. The second-order valence-corrected chi connectivity index (χ2v) is 6.62. The standard InChI is InChI=1S/C15H13F13O4/c1-5(2)7(9(31)32)6(8(29)30)3-4-10(16,17)11(18,19)12(20,21)13(22,23)14(24,25)15(26,27)28/h5H,3-4H2,1-2H3,(H,29,30)(H,31,32)/p-2/b7-6+. The van der Waals surface area contributed by atoms with E-state index in [1.165, 1.54) is 0 Å². The zero-order valence-corrected chi connectivity index (χ0v) is 15.5. The molecule has 0 N–H and O–H groups in total. The van der Waals surface area contributed by atoms with Crippen molar-refractivity contribution in [2.24, 2.45) is 5.92 Å². The first-order chi connectivity index (χ1) is 13.8. The summed E-state index contributed by atoms with van der Waals surface area (Å²) in [5.41, 5.74) is -3.06. The molecule has 188 valence electrons. The summed E-state index contributed by atoms with van der Waals surface area (Å²) in [4.78, 5) is 21.8. The molecule has 0 bridgehead atoms. The second kappa shape index (κ2) is 8.61. The van der Waals surface area contributed by atoms with E-state index in [1.807, 2.05) is 0 Å². The van der Waals surface area contributed by atoms with Gasteiger partial charge >= 0.3 is 35.8 Å². The largest absolute Gasteiger partial charge is 0.545 e. The van der Waals surface area contributed by atoms with Gasteiger partial charge in [0.05, 0.1) is 11.9 Å². The molecule has 0 aromatic carbocycles. The highest BCUT2D eigenvalue weighted by atomic mass is 19.4. The number of carbonyl (C=O) groups is 2. The van der Waals surface area contributed by atoms with Crippen molar-refractivity contribution < 1.29 is 76.9 Å². The molecule has 0 aliphatic heterocycles. The Labute approximate surface area is 169 Å². The lowest BCUT2D eigenvalue weighted by Crippen LogP contribution is -2.70. The summed E-state index contributed by atoms with van der Waals surface area (Å²) in [6.45, 7) is 1.85. The van der Waals surface area contributed by atoms with Crippen molar-refractivity contribution in [1.29, 1.82) is 0 Å². The molecule has 0 saturated carbocycles. The Kier molecular flexibility index (Phi) is 8.01. The molecular formula is C15H11F13O4-2. The third-order valence-electron chi connectivity index (χ3n) is 4.06. The fraction of sp³-hybridized carbons (Fsp3) is 0.733. The van der Waals surface area contributed by atoms with Gasteiger partial charge in [-0.2, -0.15) is 57.1 Å². The van der Waals surface area contributed by atoms with E-state index in [0.29, 0.717) is 0 Å². The van der Waals surface area contributed by atoms with Crippen molar-refractivity contribution >= 4 is 11.9 Å². The highest BCUT2D eigenvalue weighted by molar-refractivity contribution is 5.97. The number of hydrogen-bond acceptors (Lipinski definition) is 4. The average Bonchev–Trinajstić information content (AvgIpc) is 2.55. The van der Waals surface area contributed by atoms with Gasteiger partial charge in [-0.1, -0.05) is 13.8 Å². The topological polar surface area (TPSA) is 80.3 Å². The number of rotatable bonds is 10. The maximum absolute atomic E-state index is 13.7. The molecule has 0 radical (unpaired) electrons. The van der Waals surface area contributed by atoms with E-state index >= 15 is 0 Å². The lowest BCUT2D eigenvalue weighted by atomic mass is 9.89. The Hall–Kier alpha value is -2.23. The van der Waals surface area contributed by atoms with Gasteiger partial charge < -0.3 is 19.8 Å². The summed E-state index contributed by atoms with van der Waals surface area (Å²) in [5.74, 6) is -44.5. The minimum Gasteiger partial charge on any atom is -0.545 e. The second-order valence-electron chi connectivity index (χ2n) is 6.62. The van der Waals surface area contributed by atoms with Crippen molar-refractivity contribution in [3.05, 3.63) is 11.1 Å². The molecule has 0 spiro atoms. The Morgan fingerprint density at radius 1 is 0.656 bits per heavy atom. The molecule has 0 aromatic heterocycles. The van der Waals surface area contributed by atoms with Crippen molar-refractivity contribution in [3.8, 4) is 0 Å². The summed E-state index contributed by atoms with van der Waals surface area (Å²) in [5, 5.41) is 21.8. The Morgan fingerprint density at radius 3 is 1.31 bits per heavy atom. The van der Waals surface area contributed by atoms with Crippen LogP contribution in [0.3, 0.4) is 0 Å². The van der Waals surface area contributed by atoms with Gasteiger partial charge in [-0.3, -0.25) is 0 Å². The predicted molar refractivity (Wildman–Crippen MR) is 71.9 cm³/mol. The highest BCUT2D eigenvalue weighted by Gasteiger charge is 2.90. The van der Waals surface area contributed by atoms with Crippen LogP contribution in [0.1, 0.15) is 26.7 Å². The normalized spacial score (nSPS) is 15.6. The monoisotopic (exact) mass is 502 g/mol. The zero-order chi connectivity index (χ0) is 26.3. The van der Waals surface area contributed by atoms with Crippen LogP contribution in [-0.4, -0.2) is 47.7 Å². The number of aliphatic carboxylic acids is 2. The molecule has 0 aromatic rings. The molecule has 0 heterocycles. The van der Waals surface area contributed by atoms with Crippen LogP contribution in [-0.2, 0) is 9.59 Å². The Morgan fingerprint density at radius 2 is 1.03 bits per heavy atom. The summed E-state index contributed by atoms with van der Waals surface area (Å²) in [6.07, 6.45) is -12.5. The fourth-order valence-electron chi connectivity index (χ4n) is 2.30. The van der Waals surface area contributed by atoms with Crippen LogP contribution in [0.2, 0.25) is 0 Å². The van der Waals surface area contributed by atoms with Crippen LogP contribution in [0.5, 0.6) is 0 Å². The quantitative estimate of drug-likeness (QED) is 0.340. The zero-order valence-electron chi connectivity index (χ0n) is 15.5. The molecule has 0 rings (SSSR count). The van der Waals surface area contributed by atoms with Gasteiger partial charge in [-0.05, 0) is 23.5 Å². The van der Waals surface area contributed by atoms with E-state index in [-0.39, 0.29) is 0 Å². The number of hydrogen-bond donors (Lipinski definition) is 0. The third kappa shape index (κ3) is 4.74. The first-order valence-electron chi connectivity index (χ1n) is 7.92. The summed E-state index contributed by atoms with van der Waals surface area (Å²) in [6, 6.07) is 0. The van der Waals surface area contributed by atoms with E-state index in [0.717, 1.165) is 13.8 Å². The van der Waals surface area contributed by atoms with Crippen molar-refractivity contribution in [1.82, 2.24) is 0 Å². The van der Waals surface area contributed by atoms with Crippen molar-refractivity contribution in [2.75, 3.05) is 0 Å². The van der Waals surface area contributed by atoms with E-state index in [1.54, 1.807) is 0 Å². The van der Waals surface area contributed by atoms with Crippen LogP contribution in [0, 0.1) is 5.92 Å². The third-order valence-corrected chi connectivity index (χ3v) is 4.06. The van der Waals surface area contributed by atoms with E-state index in [4.69, 9.17) is 0 Å². The smallest absolute Gasteiger partial charge is 0.460 e. The van der Waals surface area contributed by atoms with Crippen LogP contribution < -0.4 is 10.2 Å². The molecule has 17 heteroatoms. The van der Waals surface area contributed by atoms with Crippen molar-refractivity contribution in [3.63, 3.8) is 0 Å². The minimum atomic E-state index is -8.09. The van der Waals surface area contributed by atoms with Gasteiger partial charge in [0.25, 0.3) is 0 Å². The molecule has 0 aliphatic carbocycles. The van der Waals surface area contributed by atoms with Gasteiger partial charge in [0.15, 0.2) is 0 Å². The first-order valence-corrected chi connectivity index (χ1v) is 7.92. The number of carbonyl (C=O) groups excluding carboxylic acids is 2. The summed E-state index contributed by atoms with van der Waals surface area (Å²) >= 11 is 0. The Bertz CT molecular complexity index is 766. The van der Waals surface area contributed by atoms with Gasteiger partial charge in [0.2, 0.25) is 0 Å². The number of halogens is 13. The summed E-state index contributed by atoms with van der Waals surface area (Å²) < 4.78 is 169. The van der Waals surface area contributed by atoms with Gasteiger partial charge in [-0.15, -0.1) is 0 Å². The average molecular weight is 502 g/mol. The summed E-state index contributed by atoms with van der Waals surface area (Å²) in [7, 11) is 0. The molecule has 0 amide bonds. The van der Waals surface area contributed by atoms with Gasteiger partial charge in [-0.25, -0.2) is 0 Å². The fourth-order valence-corrected chi connectivity index (χ4v) is 2.30. The molecule has 0 aliphatic rings. The lowest BCUT2D eigenvalue weighted by molar-refractivity contribution is -0.440. The SMILES string of the molecule is CC(C)/C(C(=O)[O-])=C(/CCC(F)(F)C(F)(F)C(F)(F)C(F)(F)C(F)(F)C(F)(F)F)C(=O)[O-]. The number of alkyl halides is 13. The first kappa shape index (κ1) is 29.8. The molecule has 0 unspecified atom stereocenters. The van der Waals surface area contributed by atoms with E-state index in [9.17, 15) is 76.9 Å². The maximum Gasteiger partial charge on any atom is 0.460 e. The predicted octanol–water partition coefficient (Wildman–Crippen LogP) is 2.96. The van der Waals surface area contributed by atoms with Crippen LogP contribution in [0.25, 0.3) is 0 Å². The van der Waals surface area contributed by atoms with Gasteiger partial charge in [0.1, 0.15) is 0 Å². The van der Waals surface area contributed by atoms with Crippen LogP contribution >= 0.6 is 0 Å². The molecule has 0 saturated heterocycles. The minimum absolute atomic E-state index is 0.925. The highest BCUT2D eigenvalue weighted by Crippen LogP contribution is 2.60. The number of carboxylic acids is 2. The van der Waals surface area contributed by atoms with Crippen LogP contribution in [0.4, 0.5) is 57.1 Å². The molecular weight excluding hydrogens is 491 g/mol. The molecule has 0 atom stereocenters. The van der Waals surface area contributed by atoms with E-state index < -0.39 is 77.6 Å². The van der Waals surface area contributed by atoms with Crippen molar-refractivity contribution in [2.45, 2.75) is 62.5 Å². The van der Waals surface area contributed by atoms with Crippen LogP contribution in [0.15, 0.2) is 11.1 Å². The molecule has 0 fully saturated rings. The van der Waals surface area contributed by atoms with Gasteiger partial charge in [0, 0.05) is 6.42 Å². The Balaban J connectivity index is 6.39. The maximum atomic E-state index is 13.7. The number of carboxylic acid groups (broad SMARTS) is 2. The molecule has 32 heavy (non-hydrogen) atoms.